The summed E-state index contributed by atoms with van der Waals surface area (Å²) < 4.78 is 17.6. The molecular weight excluding hydrogens is 427 g/mol. The number of carbonyl (C=O) groups is 1. The molecule has 0 radical (unpaired) electrons. The van der Waals surface area contributed by atoms with Gasteiger partial charge in [0.05, 0.1) is 13.2 Å². The van der Waals surface area contributed by atoms with Crippen molar-refractivity contribution in [1.29, 1.82) is 0 Å². The van der Waals surface area contributed by atoms with Gasteiger partial charge in [-0.2, -0.15) is 0 Å². The van der Waals surface area contributed by atoms with Crippen molar-refractivity contribution >= 4 is 11.5 Å². The summed E-state index contributed by atoms with van der Waals surface area (Å²) in [4.78, 5) is 11.0. The summed E-state index contributed by atoms with van der Waals surface area (Å²) in [7, 11) is 0. The average Bonchev–Trinajstić information content (AvgIpc) is 3.26. The molecule has 0 N–H and O–H groups in total. The van der Waals surface area contributed by atoms with Crippen LogP contribution in [0.2, 0.25) is 0 Å². The molecular formula is C27H29NaO5. The molecule has 1 spiro atoms. The first-order valence-electron chi connectivity index (χ1n) is 11.2. The van der Waals surface area contributed by atoms with Crippen LogP contribution in [0, 0.1) is 0 Å². The number of rotatable bonds is 8. The van der Waals surface area contributed by atoms with E-state index in [4.69, 9.17) is 14.2 Å². The fourth-order valence-electron chi connectivity index (χ4n) is 4.38. The van der Waals surface area contributed by atoms with E-state index in [1.165, 1.54) is 11.1 Å². The number of hydrogen-bond donors (Lipinski definition) is 0. The minimum atomic E-state index is -1.06. The maximum absolute atomic E-state index is 11.0. The third-order valence-corrected chi connectivity index (χ3v) is 6.07. The summed E-state index contributed by atoms with van der Waals surface area (Å²) in [5.74, 6) is -0.900. The van der Waals surface area contributed by atoms with E-state index in [0.29, 0.717) is 19.8 Å². The molecule has 5 nitrogen and oxygen atoms in total. The van der Waals surface area contributed by atoms with Gasteiger partial charge in [-0.15, -0.1) is 0 Å². The van der Waals surface area contributed by atoms with E-state index >= 15 is 0 Å². The Labute approximate surface area is 217 Å². The summed E-state index contributed by atoms with van der Waals surface area (Å²) >= 11 is 0. The van der Waals surface area contributed by atoms with Crippen LogP contribution < -0.4 is 39.4 Å². The van der Waals surface area contributed by atoms with Crippen molar-refractivity contribution in [3.05, 3.63) is 83.4 Å². The molecule has 0 aromatic heterocycles. The van der Waals surface area contributed by atoms with Crippen molar-refractivity contribution in [3.63, 3.8) is 0 Å². The molecule has 1 saturated heterocycles. The van der Waals surface area contributed by atoms with Crippen LogP contribution in [0.5, 0.6) is 5.75 Å². The van der Waals surface area contributed by atoms with E-state index < -0.39 is 11.8 Å². The summed E-state index contributed by atoms with van der Waals surface area (Å²) in [6.45, 7) is 3.72. The van der Waals surface area contributed by atoms with E-state index in [1.807, 2.05) is 43.3 Å². The molecule has 6 heteroatoms. The van der Waals surface area contributed by atoms with Gasteiger partial charge in [0, 0.05) is 24.7 Å². The van der Waals surface area contributed by atoms with Crippen LogP contribution in [0.3, 0.4) is 0 Å². The molecule has 2 aromatic carbocycles. The molecule has 168 valence electrons. The molecule has 1 atom stereocenters. The maximum atomic E-state index is 11.0. The molecule has 2 aromatic rings. The third kappa shape index (κ3) is 6.81. The standard InChI is InChI=1S/C27H30O5.Na/c1-2-4-23(18-26(28)29)21-7-9-25(10-8-21)30-19-20-5-3-6-24(17-20)22-11-13-27(14-12-22)31-15-16-32-27;/h2-11,17,23H,12-16,18-19H2,1H3,(H,28,29);/q;+1/p-1/t23-;/m1./s1. The monoisotopic (exact) mass is 456 g/mol. The number of ether oxygens (including phenoxy) is 3. The van der Waals surface area contributed by atoms with E-state index in [0.717, 1.165) is 36.1 Å². The van der Waals surface area contributed by atoms with Gasteiger partial charge in [-0.3, -0.25) is 0 Å². The maximum Gasteiger partial charge on any atom is 1.00 e. The first kappa shape index (κ1) is 25.7. The van der Waals surface area contributed by atoms with Crippen LogP contribution in [0.25, 0.3) is 5.57 Å². The Morgan fingerprint density at radius 3 is 2.58 bits per heavy atom. The SMILES string of the molecule is CC=C[C@H](CC(=O)[O-])c1ccc(OCc2cccc(C3=CCC4(CC3)OCCO4)c2)cc1.[Na+]. The van der Waals surface area contributed by atoms with E-state index in [9.17, 15) is 9.90 Å². The van der Waals surface area contributed by atoms with Gasteiger partial charge in [0.1, 0.15) is 12.4 Å². The van der Waals surface area contributed by atoms with Crippen LogP contribution >= 0.6 is 0 Å². The Balaban J connectivity index is 0.00000306. The van der Waals surface area contributed by atoms with Gasteiger partial charge in [-0.1, -0.05) is 48.6 Å². The van der Waals surface area contributed by atoms with Crippen LogP contribution in [0.1, 0.15) is 55.2 Å². The predicted octanol–water partition coefficient (Wildman–Crippen LogP) is 1.38. The van der Waals surface area contributed by atoms with Crippen LogP contribution in [-0.4, -0.2) is 25.0 Å². The zero-order chi connectivity index (χ0) is 22.4. The smallest absolute Gasteiger partial charge is 0.550 e. The third-order valence-electron chi connectivity index (χ3n) is 6.07. The Bertz CT molecular complexity index is 990. The number of carboxylic acids is 1. The van der Waals surface area contributed by atoms with E-state index in [-0.39, 0.29) is 41.9 Å². The van der Waals surface area contributed by atoms with Crippen molar-refractivity contribution in [2.45, 2.75) is 50.9 Å². The zero-order valence-corrected chi connectivity index (χ0v) is 21.4. The molecule has 0 bridgehead atoms. The Morgan fingerprint density at radius 1 is 1.18 bits per heavy atom. The number of carboxylic acid groups (broad SMARTS) is 1. The van der Waals surface area contributed by atoms with Crippen LogP contribution in [0.4, 0.5) is 0 Å². The molecule has 1 fully saturated rings. The van der Waals surface area contributed by atoms with E-state index in [2.05, 4.69) is 30.3 Å². The molecule has 0 amide bonds. The second-order valence-corrected chi connectivity index (χ2v) is 8.31. The number of aliphatic carboxylic acids is 1. The molecule has 33 heavy (non-hydrogen) atoms. The molecule has 1 aliphatic carbocycles. The number of hydrogen-bond acceptors (Lipinski definition) is 5. The largest absolute Gasteiger partial charge is 1.00 e. The van der Waals surface area contributed by atoms with Crippen LogP contribution in [-0.2, 0) is 20.9 Å². The van der Waals surface area contributed by atoms with Gasteiger partial charge in [0.15, 0.2) is 5.79 Å². The number of carbonyl (C=O) groups excluding carboxylic acids is 1. The fraction of sp³-hybridized carbons (Fsp3) is 0.370. The molecule has 4 rings (SSSR count). The first-order valence-corrected chi connectivity index (χ1v) is 11.2. The van der Waals surface area contributed by atoms with Crippen molar-refractivity contribution in [2.24, 2.45) is 0 Å². The van der Waals surface area contributed by atoms with Gasteiger partial charge in [-0.25, -0.2) is 0 Å². The zero-order valence-electron chi connectivity index (χ0n) is 19.4. The van der Waals surface area contributed by atoms with Gasteiger partial charge in [0.25, 0.3) is 0 Å². The van der Waals surface area contributed by atoms with Gasteiger partial charge < -0.3 is 24.1 Å². The van der Waals surface area contributed by atoms with E-state index in [1.54, 1.807) is 0 Å². The molecule has 1 heterocycles. The predicted molar refractivity (Wildman–Crippen MR) is 121 cm³/mol. The average molecular weight is 457 g/mol. The van der Waals surface area contributed by atoms with Crippen molar-refractivity contribution in [3.8, 4) is 5.75 Å². The fourth-order valence-corrected chi connectivity index (χ4v) is 4.38. The number of benzene rings is 2. The van der Waals surface area contributed by atoms with Gasteiger partial charge >= 0.3 is 29.6 Å². The Hall–Kier alpha value is -1.89. The molecule has 0 saturated carbocycles. The molecule has 1 aliphatic heterocycles. The van der Waals surface area contributed by atoms with Crippen molar-refractivity contribution in [2.75, 3.05) is 13.2 Å². The second kappa shape index (κ2) is 12.0. The normalized spacial score (nSPS) is 18.0. The van der Waals surface area contributed by atoms with Gasteiger partial charge in [0.2, 0.25) is 0 Å². The van der Waals surface area contributed by atoms with Crippen LogP contribution in [0.15, 0.2) is 66.8 Å². The summed E-state index contributed by atoms with van der Waals surface area (Å²) in [5.41, 5.74) is 4.57. The quantitative estimate of drug-likeness (QED) is 0.444. The topological polar surface area (TPSA) is 67.8 Å². The van der Waals surface area contributed by atoms with Crippen molar-refractivity contribution in [1.82, 2.24) is 0 Å². The number of allylic oxidation sites excluding steroid dienone is 3. The second-order valence-electron chi connectivity index (χ2n) is 8.31. The molecule has 2 aliphatic rings. The first-order chi connectivity index (χ1) is 15.6. The summed E-state index contributed by atoms with van der Waals surface area (Å²) in [5, 5.41) is 11.0. The minimum absolute atomic E-state index is 0. The Morgan fingerprint density at radius 2 is 1.94 bits per heavy atom. The molecule has 0 unspecified atom stereocenters. The van der Waals surface area contributed by atoms with Gasteiger partial charge in [-0.05, 0) is 60.2 Å². The van der Waals surface area contributed by atoms with Crippen molar-refractivity contribution < 1.29 is 53.7 Å². The Kier molecular flexibility index (Phi) is 9.36. The minimum Gasteiger partial charge on any atom is -0.550 e. The summed E-state index contributed by atoms with van der Waals surface area (Å²) in [6, 6.07) is 16.0. The summed E-state index contributed by atoms with van der Waals surface area (Å²) in [6.07, 6.45) is 8.56.